The van der Waals surface area contributed by atoms with E-state index in [0.717, 1.165) is 29.5 Å². The van der Waals surface area contributed by atoms with Crippen molar-refractivity contribution in [2.24, 2.45) is 5.92 Å². The van der Waals surface area contributed by atoms with E-state index in [4.69, 9.17) is 27.9 Å². The first-order chi connectivity index (χ1) is 21.1. The highest BCUT2D eigenvalue weighted by molar-refractivity contribution is 7.90. The number of amides is 1. The molecule has 2 saturated carbocycles. The van der Waals surface area contributed by atoms with E-state index in [2.05, 4.69) is 13.2 Å². The fourth-order valence-electron chi connectivity index (χ4n) is 5.05. The summed E-state index contributed by atoms with van der Waals surface area (Å²) < 4.78 is 63.2. The third kappa shape index (κ3) is 8.59. The number of carbonyl (C=O) groups is 1. The second-order valence-corrected chi connectivity index (χ2v) is 13.9. The molecule has 1 amide bonds. The number of sulfonamides is 1. The van der Waals surface area contributed by atoms with Crippen LogP contribution >= 0.6 is 23.2 Å². The topological polar surface area (TPSA) is 66.9 Å². The van der Waals surface area contributed by atoms with Gasteiger partial charge in [-0.25, -0.2) is 17.1 Å². The van der Waals surface area contributed by atoms with E-state index in [-0.39, 0.29) is 31.4 Å². The predicted octanol–water partition coefficient (Wildman–Crippen LogP) is 7.95. The molecule has 11 heteroatoms. The third-order valence-electron chi connectivity index (χ3n) is 7.61. The number of allylic oxidation sites excluding steroid dienone is 4. The number of morpholine rings is 1. The van der Waals surface area contributed by atoms with E-state index in [1.807, 2.05) is 30.3 Å². The molecule has 3 atom stereocenters. The Morgan fingerprint density at radius 1 is 1.02 bits per heavy atom. The van der Waals surface area contributed by atoms with E-state index >= 15 is 4.39 Å². The lowest BCUT2D eigenvalue weighted by Crippen LogP contribution is -2.57. The van der Waals surface area contributed by atoms with Crippen LogP contribution in [0.1, 0.15) is 43.7 Å². The number of hydrogen-bond donors (Lipinski definition) is 0. The second kappa shape index (κ2) is 15.3. The zero-order valence-electron chi connectivity index (χ0n) is 24.2. The van der Waals surface area contributed by atoms with E-state index in [1.165, 1.54) is 12.2 Å². The molecule has 0 bridgehead atoms. The van der Waals surface area contributed by atoms with E-state index in [9.17, 15) is 17.6 Å². The highest BCUT2D eigenvalue weighted by atomic mass is 35.5. The Morgan fingerprint density at radius 2 is 1.66 bits per heavy atom. The first-order valence-electron chi connectivity index (χ1n) is 14.4. The Labute approximate surface area is 268 Å². The Hall–Kier alpha value is -2.98. The SMILES string of the molecule is C=C/C=C\C(F)=C(\F)N(CC(C1CC1)N1C(=O)C(CC=C)OC[C@H]1c1ccc(Cl)cc1)S(=O)(=O)C1CC1.Clc1ccccc1. The maximum absolute atomic E-state index is 15.4. The first kappa shape index (κ1) is 33.9. The summed E-state index contributed by atoms with van der Waals surface area (Å²) in [5, 5.41) is 0.552. The summed E-state index contributed by atoms with van der Waals surface area (Å²) in [6, 6.07) is 15.2. The van der Waals surface area contributed by atoms with Gasteiger partial charge < -0.3 is 9.64 Å². The van der Waals surface area contributed by atoms with Gasteiger partial charge in [0.1, 0.15) is 6.10 Å². The molecule has 1 aliphatic heterocycles. The fraction of sp³-hybridized carbons (Fsp3) is 0.364. The van der Waals surface area contributed by atoms with Gasteiger partial charge in [0.25, 0.3) is 5.91 Å². The molecule has 44 heavy (non-hydrogen) atoms. The van der Waals surface area contributed by atoms with Crippen LogP contribution in [-0.4, -0.2) is 54.1 Å². The summed E-state index contributed by atoms with van der Waals surface area (Å²) in [6.45, 7) is 6.92. The van der Waals surface area contributed by atoms with Crippen LogP contribution in [0.5, 0.6) is 0 Å². The van der Waals surface area contributed by atoms with Crippen molar-refractivity contribution in [3.8, 4) is 0 Å². The summed E-state index contributed by atoms with van der Waals surface area (Å²) in [5.41, 5.74) is 0.758. The van der Waals surface area contributed by atoms with Crippen LogP contribution in [0.15, 0.2) is 104 Å². The van der Waals surface area contributed by atoms with Crippen LogP contribution in [0.25, 0.3) is 0 Å². The molecular weight excluding hydrogens is 629 g/mol. The molecule has 1 heterocycles. The Morgan fingerprint density at radius 3 is 2.18 bits per heavy atom. The van der Waals surface area contributed by atoms with Crippen molar-refractivity contribution >= 4 is 39.1 Å². The van der Waals surface area contributed by atoms with Gasteiger partial charge >= 0.3 is 0 Å². The van der Waals surface area contributed by atoms with Crippen LogP contribution in [0.4, 0.5) is 8.78 Å². The van der Waals surface area contributed by atoms with E-state index < -0.39 is 45.2 Å². The molecule has 6 nitrogen and oxygen atoms in total. The van der Waals surface area contributed by atoms with Crippen LogP contribution in [0.2, 0.25) is 10.0 Å². The molecular formula is C33H36Cl2F2N2O4S. The number of benzene rings is 2. The van der Waals surface area contributed by atoms with Crippen molar-refractivity contribution < 1.29 is 26.7 Å². The smallest absolute Gasteiger partial charge is 0.252 e. The number of nitrogens with zero attached hydrogens (tertiary/aromatic N) is 2. The van der Waals surface area contributed by atoms with E-state index in [1.54, 1.807) is 35.2 Å². The van der Waals surface area contributed by atoms with Crippen molar-refractivity contribution in [2.45, 2.75) is 55.5 Å². The fourth-order valence-corrected chi connectivity index (χ4v) is 7.08. The molecule has 0 aromatic heterocycles. The van der Waals surface area contributed by atoms with Crippen LogP contribution in [0, 0.1) is 5.92 Å². The van der Waals surface area contributed by atoms with Gasteiger partial charge in [0.15, 0.2) is 5.83 Å². The molecule has 0 radical (unpaired) electrons. The summed E-state index contributed by atoms with van der Waals surface area (Å²) in [6.07, 6.45) is 6.63. The van der Waals surface area contributed by atoms with Gasteiger partial charge in [0, 0.05) is 16.5 Å². The molecule has 2 unspecified atom stereocenters. The van der Waals surface area contributed by atoms with Crippen molar-refractivity contribution in [1.82, 2.24) is 9.21 Å². The zero-order chi connectivity index (χ0) is 31.9. The summed E-state index contributed by atoms with van der Waals surface area (Å²) in [7, 11) is -4.17. The molecule has 1 saturated heterocycles. The van der Waals surface area contributed by atoms with Crippen LogP contribution in [0.3, 0.4) is 0 Å². The van der Waals surface area contributed by atoms with Gasteiger partial charge in [-0.3, -0.25) is 4.79 Å². The molecule has 2 aromatic rings. The molecule has 3 aliphatic rings. The number of carbonyl (C=O) groups excluding carboxylic acids is 1. The number of hydrogen-bond acceptors (Lipinski definition) is 4. The van der Waals surface area contributed by atoms with Gasteiger partial charge in [0.2, 0.25) is 16.0 Å². The summed E-state index contributed by atoms with van der Waals surface area (Å²) in [5.74, 6) is -3.19. The highest BCUT2D eigenvalue weighted by Gasteiger charge is 2.49. The monoisotopic (exact) mass is 664 g/mol. The van der Waals surface area contributed by atoms with Crippen molar-refractivity contribution in [2.75, 3.05) is 13.2 Å². The van der Waals surface area contributed by atoms with Gasteiger partial charge in [-0.2, -0.15) is 4.39 Å². The largest absolute Gasteiger partial charge is 0.366 e. The Bertz CT molecular complexity index is 1480. The van der Waals surface area contributed by atoms with Crippen molar-refractivity contribution in [3.63, 3.8) is 0 Å². The molecule has 236 valence electrons. The molecule has 5 rings (SSSR count). The van der Waals surface area contributed by atoms with Gasteiger partial charge in [-0.05, 0) is 67.5 Å². The Balaban J connectivity index is 0.000000555. The summed E-state index contributed by atoms with van der Waals surface area (Å²) in [4.78, 5) is 15.3. The Kier molecular flexibility index (Phi) is 11.8. The average molecular weight is 666 g/mol. The van der Waals surface area contributed by atoms with Gasteiger partial charge in [-0.1, -0.05) is 78.3 Å². The van der Waals surface area contributed by atoms with Gasteiger partial charge in [0.05, 0.1) is 30.5 Å². The number of halogens is 4. The quantitative estimate of drug-likeness (QED) is 0.131. The number of ether oxygens (including phenoxy) is 1. The molecule has 2 aromatic carbocycles. The lowest BCUT2D eigenvalue weighted by Gasteiger charge is -2.45. The highest BCUT2D eigenvalue weighted by Crippen LogP contribution is 2.43. The lowest BCUT2D eigenvalue weighted by atomic mass is 9.97. The minimum Gasteiger partial charge on any atom is -0.366 e. The maximum atomic E-state index is 15.4. The van der Waals surface area contributed by atoms with Crippen LogP contribution in [-0.2, 0) is 19.6 Å². The maximum Gasteiger partial charge on any atom is 0.252 e. The second-order valence-electron chi connectivity index (χ2n) is 10.9. The standard InChI is InChI=1S/C27H31ClF2N2O4S.C6H5Cl/c1-3-5-7-22(29)26(30)31(37(34,35)21-14-15-21)16-23(18-8-9-18)32-24(19-10-12-20(28)13-11-19)17-36-25(6-4-2)27(32)33;7-6-4-2-1-3-5-6/h3-5,7,10-13,18,21,23-25H,1-2,6,8-9,14-17H2;1-5H/b7-5-,26-22+;/t23?,24-,25?;/m0./s1. The predicted molar refractivity (Wildman–Crippen MR) is 171 cm³/mol. The normalized spacial score (nSPS) is 21.6. The third-order valence-corrected chi connectivity index (χ3v) is 10.4. The zero-order valence-corrected chi connectivity index (χ0v) is 26.5. The van der Waals surface area contributed by atoms with Crippen LogP contribution < -0.4 is 0 Å². The lowest BCUT2D eigenvalue weighted by molar-refractivity contribution is -0.165. The average Bonchev–Trinajstić information content (AvgIpc) is 3.92. The van der Waals surface area contributed by atoms with Crippen molar-refractivity contribution in [3.05, 3.63) is 119 Å². The van der Waals surface area contributed by atoms with Crippen molar-refractivity contribution in [1.29, 1.82) is 0 Å². The van der Waals surface area contributed by atoms with Gasteiger partial charge in [-0.15, -0.1) is 6.58 Å². The molecule has 2 aliphatic carbocycles. The summed E-state index contributed by atoms with van der Waals surface area (Å²) >= 11 is 11.6. The minimum absolute atomic E-state index is 0.0577. The first-order valence-corrected chi connectivity index (χ1v) is 16.7. The molecule has 3 fully saturated rings. The molecule has 0 spiro atoms. The van der Waals surface area contributed by atoms with E-state index in [0.29, 0.717) is 22.2 Å². The molecule has 0 N–H and O–H groups in total. The minimum atomic E-state index is -4.17. The number of rotatable bonds is 12.